The van der Waals surface area contributed by atoms with E-state index in [1.807, 2.05) is 0 Å². The molecule has 0 bridgehead atoms. The molecule has 2 rings (SSSR count). The highest BCUT2D eigenvalue weighted by Crippen LogP contribution is 2.37. The second-order valence-corrected chi connectivity index (χ2v) is 6.67. The third-order valence-electron chi connectivity index (χ3n) is 3.92. The maximum atomic E-state index is 12.6. The Kier molecular flexibility index (Phi) is 4.95. The van der Waals surface area contributed by atoms with Crippen molar-refractivity contribution in [1.82, 2.24) is 0 Å². The molecule has 1 aliphatic carbocycles. The van der Waals surface area contributed by atoms with Crippen LogP contribution in [0.25, 0.3) is 0 Å². The van der Waals surface area contributed by atoms with Crippen LogP contribution in [0.1, 0.15) is 61.0 Å². The average molecular weight is 262 g/mol. The Balaban J connectivity index is 2.21. The predicted molar refractivity (Wildman–Crippen MR) is 80.1 cm³/mol. The first-order chi connectivity index (χ1) is 8.76. The summed E-state index contributed by atoms with van der Waals surface area (Å²) in [5.74, 6) is 0. The Bertz CT molecular complexity index is 397. The van der Waals surface area contributed by atoms with Gasteiger partial charge in [-0.25, -0.2) is 0 Å². The number of aryl methyl sites for hydroxylation is 2. The molecule has 1 saturated carbocycles. The van der Waals surface area contributed by atoms with Crippen molar-refractivity contribution in [3.8, 4) is 0 Å². The zero-order valence-electron chi connectivity index (χ0n) is 11.5. The van der Waals surface area contributed by atoms with Crippen LogP contribution in [0.15, 0.2) is 18.2 Å². The highest BCUT2D eigenvalue weighted by atomic mass is 31.1. The molecule has 0 heterocycles. The van der Waals surface area contributed by atoms with Gasteiger partial charge in [-0.05, 0) is 51.0 Å². The number of benzene rings is 1. The SMILES string of the molecule is CCc1cccc(CC)c1C(=O)PC1CCCC1. The van der Waals surface area contributed by atoms with Gasteiger partial charge in [0.2, 0.25) is 0 Å². The maximum Gasteiger partial charge on any atom is 0.181 e. The van der Waals surface area contributed by atoms with E-state index in [9.17, 15) is 4.79 Å². The van der Waals surface area contributed by atoms with Crippen molar-refractivity contribution in [2.24, 2.45) is 0 Å². The van der Waals surface area contributed by atoms with Gasteiger partial charge in [0.25, 0.3) is 0 Å². The largest absolute Gasteiger partial charge is 0.289 e. The van der Waals surface area contributed by atoms with E-state index in [1.54, 1.807) is 0 Å². The minimum Gasteiger partial charge on any atom is -0.289 e. The first-order valence-corrected chi connectivity index (χ1v) is 8.25. The lowest BCUT2D eigenvalue weighted by Gasteiger charge is -2.14. The Labute approximate surface area is 112 Å². The molecule has 2 heteroatoms. The molecule has 1 aliphatic rings. The van der Waals surface area contributed by atoms with Crippen LogP contribution >= 0.6 is 8.58 Å². The van der Waals surface area contributed by atoms with Crippen molar-refractivity contribution in [2.45, 2.75) is 58.0 Å². The van der Waals surface area contributed by atoms with Gasteiger partial charge in [0.15, 0.2) is 5.52 Å². The summed E-state index contributed by atoms with van der Waals surface area (Å²) in [4.78, 5) is 12.6. The van der Waals surface area contributed by atoms with Crippen molar-refractivity contribution in [1.29, 1.82) is 0 Å². The van der Waals surface area contributed by atoms with Crippen LogP contribution in [0.2, 0.25) is 0 Å². The number of hydrogen-bond acceptors (Lipinski definition) is 1. The van der Waals surface area contributed by atoms with E-state index in [0.29, 0.717) is 19.8 Å². The number of carbonyl (C=O) groups excluding carboxylic acids is 1. The maximum absolute atomic E-state index is 12.6. The molecular weight excluding hydrogens is 239 g/mol. The fraction of sp³-hybridized carbons (Fsp3) is 0.562. The molecule has 98 valence electrons. The predicted octanol–water partition coefficient (Wildman–Crippen LogP) is 4.57. The molecule has 1 unspecified atom stereocenters. The standard InChI is InChI=1S/C16H23OP/c1-3-12-8-7-9-13(4-2)15(12)16(17)18-14-10-5-6-11-14/h7-9,14,18H,3-6,10-11H2,1-2H3. The third kappa shape index (κ3) is 3.01. The van der Waals surface area contributed by atoms with Crippen LogP contribution in [0, 0.1) is 0 Å². The summed E-state index contributed by atoms with van der Waals surface area (Å²) in [6.45, 7) is 4.29. The van der Waals surface area contributed by atoms with Crippen molar-refractivity contribution in [3.63, 3.8) is 0 Å². The second-order valence-electron chi connectivity index (χ2n) is 5.11. The lowest BCUT2D eigenvalue weighted by Crippen LogP contribution is -2.06. The summed E-state index contributed by atoms with van der Waals surface area (Å²) in [6.07, 6.45) is 7.09. The van der Waals surface area contributed by atoms with Crippen LogP contribution in [-0.4, -0.2) is 11.2 Å². The van der Waals surface area contributed by atoms with Gasteiger partial charge in [0, 0.05) is 5.56 Å². The molecule has 1 nitrogen and oxygen atoms in total. The van der Waals surface area contributed by atoms with Gasteiger partial charge in [-0.3, -0.25) is 4.79 Å². The van der Waals surface area contributed by atoms with Crippen LogP contribution in [0.4, 0.5) is 0 Å². The van der Waals surface area contributed by atoms with Crippen molar-refractivity contribution >= 4 is 14.1 Å². The molecule has 0 radical (unpaired) electrons. The zero-order valence-corrected chi connectivity index (χ0v) is 12.5. The van der Waals surface area contributed by atoms with Crippen molar-refractivity contribution in [3.05, 3.63) is 34.9 Å². The van der Waals surface area contributed by atoms with Gasteiger partial charge >= 0.3 is 0 Å². The Hall–Kier alpha value is -0.680. The van der Waals surface area contributed by atoms with E-state index in [0.717, 1.165) is 18.4 Å². The molecule has 1 fully saturated rings. The molecule has 0 aliphatic heterocycles. The summed E-state index contributed by atoms with van der Waals surface area (Å²) < 4.78 is 0. The van der Waals surface area contributed by atoms with E-state index < -0.39 is 0 Å². The van der Waals surface area contributed by atoms with Gasteiger partial charge < -0.3 is 0 Å². The fourth-order valence-electron chi connectivity index (χ4n) is 2.86. The van der Waals surface area contributed by atoms with Crippen LogP contribution in [0.3, 0.4) is 0 Å². The first kappa shape index (κ1) is 13.7. The Morgan fingerprint density at radius 3 is 2.22 bits per heavy atom. The van der Waals surface area contributed by atoms with Crippen LogP contribution in [0.5, 0.6) is 0 Å². The van der Waals surface area contributed by atoms with Crippen molar-refractivity contribution in [2.75, 3.05) is 0 Å². The lowest BCUT2D eigenvalue weighted by atomic mass is 9.98. The van der Waals surface area contributed by atoms with E-state index in [2.05, 4.69) is 32.0 Å². The van der Waals surface area contributed by atoms with E-state index in [4.69, 9.17) is 0 Å². The Morgan fingerprint density at radius 1 is 1.17 bits per heavy atom. The normalized spacial score (nSPS) is 16.8. The summed E-state index contributed by atoms with van der Waals surface area (Å²) >= 11 is 0. The minimum atomic E-state index is 0.413. The lowest BCUT2D eigenvalue weighted by molar-refractivity contribution is 0.108. The molecule has 0 spiro atoms. The highest BCUT2D eigenvalue weighted by Gasteiger charge is 2.21. The number of hydrogen-bond donors (Lipinski definition) is 0. The molecule has 0 saturated heterocycles. The fourth-order valence-corrected chi connectivity index (χ4v) is 4.40. The van der Waals surface area contributed by atoms with Gasteiger partial charge in [0.05, 0.1) is 0 Å². The summed E-state index contributed by atoms with van der Waals surface area (Å²) in [5, 5.41) is 0. The monoisotopic (exact) mass is 262 g/mol. The minimum absolute atomic E-state index is 0.413. The molecule has 0 aromatic heterocycles. The highest BCUT2D eigenvalue weighted by molar-refractivity contribution is 7.59. The first-order valence-electron chi connectivity index (χ1n) is 7.17. The quantitative estimate of drug-likeness (QED) is 0.710. The molecule has 1 aromatic rings. The number of carbonyl (C=O) groups is 1. The summed E-state index contributed by atoms with van der Waals surface area (Å²) in [7, 11) is 0.497. The van der Waals surface area contributed by atoms with Crippen LogP contribution < -0.4 is 0 Å². The van der Waals surface area contributed by atoms with E-state index in [-0.39, 0.29) is 0 Å². The molecule has 18 heavy (non-hydrogen) atoms. The number of rotatable bonds is 5. The summed E-state index contributed by atoms with van der Waals surface area (Å²) in [5.41, 5.74) is 4.62. The molecule has 0 N–H and O–H groups in total. The van der Waals surface area contributed by atoms with Gasteiger partial charge in [-0.1, -0.05) is 44.9 Å². The molecule has 1 aromatic carbocycles. The van der Waals surface area contributed by atoms with Gasteiger partial charge in [-0.15, -0.1) is 0 Å². The van der Waals surface area contributed by atoms with E-state index >= 15 is 0 Å². The molecular formula is C16H23OP. The Morgan fingerprint density at radius 2 is 1.72 bits per heavy atom. The van der Waals surface area contributed by atoms with Gasteiger partial charge in [0.1, 0.15) is 0 Å². The summed E-state index contributed by atoms with van der Waals surface area (Å²) in [6, 6.07) is 6.32. The van der Waals surface area contributed by atoms with Gasteiger partial charge in [-0.2, -0.15) is 0 Å². The topological polar surface area (TPSA) is 17.1 Å². The zero-order chi connectivity index (χ0) is 13.0. The third-order valence-corrected chi connectivity index (χ3v) is 5.41. The van der Waals surface area contributed by atoms with E-state index in [1.165, 1.54) is 36.8 Å². The smallest absolute Gasteiger partial charge is 0.181 e. The molecule has 0 amide bonds. The molecule has 1 atom stereocenters. The van der Waals surface area contributed by atoms with Crippen LogP contribution in [-0.2, 0) is 12.8 Å². The average Bonchev–Trinajstić information content (AvgIpc) is 2.90. The second kappa shape index (κ2) is 6.48. The van der Waals surface area contributed by atoms with Crippen molar-refractivity contribution < 1.29 is 4.79 Å².